The average Bonchev–Trinajstić information content (AvgIpc) is 3.31. The van der Waals surface area contributed by atoms with Gasteiger partial charge in [-0.05, 0) is 48.9 Å². The quantitative estimate of drug-likeness (QED) is 0.258. The molecule has 0 aliphatic rings. The minimum absolute atomic E-state index is 0.103. The zero-order chi connectivity index (χ0) is 23.9. The number of halogens is 1. The number of nitrogens with one attached hydrogen (secondary N) is 2. The molecule has 1 atom stereocenters. The van der Waals surface area contributed by atoms with Crippen molar-refractivity contribution in [2.45, 2.75) is 23.5 Å². The summed E-state index contributed by atoms with van der Waals surface area (Å²) in [5, 5.41) is 8.63. The molecule has 1 unspecified atom stereocenters. The number of benzene rings is 3. The van der Waals surface area contributed by atoms with Gasteiger partial charge in [-0.2, -0.15) is 0 Å². The Balaban J connectivity index is 1.28. The van der Waals surface area contributed by atoms with Gasteiger partial charge in [0.25, 0.3) is 0 Å². The molecule has 2 amide bonds. The number of carbonyl (C=O) groups is 2. The lowest BCUT2D eigenvalue weighted by Crippen LogP contribution is -2.22. The van der Waals surface area contributed by atoms with Gasteiger partial charge in [-0.3, -0.25) is 9.59 Å². The molecule has 172 valence electrons. The molecule has 0 aliphatic carbocycles. The van der Waals surface area contributed by atoms with Crippen molar-refractivity contribution in [3.8, 4) is 11.3 Å². The zero-order valence-corrected chi connectivity index (χ0v) is 20.7. The molecule has 0 bridgehead atoms. The van der Waals surface area contributed by atoms with Crippen molar-refractivity contribution in [3.63, 3.8) is 0 Å². The van der Waals surface area contributed by atoms with Crippen LogP contribution in [0.1, 0.15) is 12.5 Å². The highest BCUT2D eigenvalue weighted by molar-refractivity contribution is 8.00. The summed E-state index contributed by atoms with van der Waals surface area (Å²) in [5.41, 5.74) is 3.46. The van der Waals surface area contributed by atoms with Crippen LogP contribution in [0.4, 0.5) is 10.8 Å². The van der Waals surface area contributed by atoms with Crippen LogP contribution < -0.4 is 10.6 Å². The number of hydrogen-bond acceptors (Lipinski definition) is 5. The van der Waals surface area contributed by atoms with Crippen LogP contribution in [0.25, 0.3) is 11.3 Å². The van der Waals surface area contributed by atoms with Gasteiger partial charge >= 0.3 is 0 Å². The number of carbonyl (C=O) groups excluding carboxylic acids is 2. The third kappa shape index (κ3) is 6.70. The number of hydrogen-bond donors (Lipinski definition) is 2. The Hall–Kier alpha value is -3.13. The first-order chi connectivity index (χ1) is 16.5. The van der Waals surface area contributed by atoms with Gasteiger partial charge in [0, 0.05) is 26.5 Å². The lowest BCUT2D eigenvalue weighted by atomic mass is 10.1. The molecule has 3 aromatic carbocycles. The van der Waals surface area contributed by atoms with Crippen molar-refractivity contribution >= 4 is 57.3 Å². The van der Waals surface area contributed by atoms with Crippen LogP contribution in [0.2, 0.25) is 5.02 Å². The van der Waals surface area contributed by atoms with E-state index >= 15 is 0 Å². The fraction of sp³-hybridized carbons (Fsp3) is 0.115. The molecule has 34 heavy (non-hydrogen) atoms. The molecule has 5 nitrogen and oxygen atoms in total. The molecular formula is C26H22ClN3O2S2. The fourth-order valence-electron chi connectivity index (χ4n) is 3.15. The summed E-state index contributed by atoms with van der Waals surface area (Å²) in [6.07, 6.45) is 0.271. The first kappa shape index (κ1) is 24.0. The predicted octanol–water partition coefficient (Wildman–Crippen LogP) is 6.76. The molecular weight excluding hydrogens is 486 g/mol. The van der Waals surface area contributed by atoms with E-state index in [9.17, 15) is 9.59 Å². The van der Waals surface area contributed by atoms with Gasteiger partial charge in [0.05, 0.1) is 17.4 Å². The van der Waals surface area contributed by atoms with Crippen LogP contribution in [0.5, 0.6) is 0 Å². The van der Waals surface area contributed by atoms with Gasteiger partial charge in [0.2, 0.25) is 11.8 Å². The van der Waals surface area contributed by atoms with E-state index in [2.05, 4.69) is 15.6 Å². The van der Waals surface area contributed by atoms with Gasteiger partial charge in [-0.25, -0.2) is 4.98 Å². The van der Waals surface area contributed by atoms with Crippen LogP contribution in [0.15, 0.2) is 89.1 Å². The van der Waals surface area contributed by atoms with E-state index in [1.807, 2.05) is 79.0 Å². The largest absolute Gasteiger partial charge is 0.326 e. The summed E-state index contributed by atoms with van der Waals surface area (Å²) >= 11 is 8.73. The monoisotopic (exact) mass is 507 g/mol. The Labute approximate surface area is 211 Å². The van der Waals surface area contributed by atoms with Crippen LogP contribution in [-0.4, -0.2) is 22.0 Å². The van der Waals surface area contributed by atoms with Gasteiger partial charge < -0.3 is 10.6 Å². The van der Waals surface area contributed by atoms with E-state index in [1.165, 1.54) is 23.1 Å². The maximum atomic E-state index is 12.6. The fourth-order valence-corrected chi connectivity index (χ4v) is 4.86. The molecule has 2 N–H and O–H groups in total. The maximum absolute atomic E-state index is 12.6. The second-order valence-electron chi connectivity index (χ2n) is 7.53. The average molecular weight is 508 g/mol. The Bertz CT molecular complexity index is 1260. The third-order valence-corrected chi connectivity index (χ3v) is 7.02. The number of nitrogens with zero attached hydrogens (tertiary/aromatic N) is 1. The minimum atomic E-state index is -0.311. The second-order valence-corrected chi connectivity index (χ2v) is 10.2. The topological polar surface area (TPSA) is 71.1 Å². The predicted molar refractivity (Wildman–Crippen MR) is 142 cm³/mol. The summed E-state index contributed by atoms with van der Waals surface area (Å²) < 4.78 is 0. The minimum Gasteiger partial charge on any atom is -0.326 e. The van der Waals surface area contributed by atoms with E-state index in [4.69, 9.17) is 11.6 Å². The van der Waals surface area contributed by atoms with Gasteiger partial charge in [-0.15, -0.1) is 23.1 Å². The zero-order valence-electron chi connectivity index (χ0n) is 18.3. The highest BCUT2D eigenvalue weighted by atomic mass is 35.5. The molecule has 0 saturated heterocycles. The molecule has 4 aromatic rings. The van der Waals surface area contributed by atoms with Crippen molar-refractivity contribution in [2.24, 2.45) is 0 Å². The van der Waals surface area contributed by atoms with Crippen molar-refractivity contribution in [3.05, 3.63) is 94.8 Å². The number of anilines is 2. The van der Waals surface area contributed by atoms with Crippen LogP contribution in [0.3, 0.4) is 0 Å². The van der Waals surface area contributed by atoms with E-state index < -0.39 is 0 Å². The van der Waals surface area contributed by atoms with E-state index in [-0.39, 0.29) is 23.5 Å². The lowest BCUT2D eigenvalue weighted by Gasteiger charge is -2.11. The van der Waals surface area contributed by atoms with Crippen molar-refractivity contribution < 1.29 is 9.59 Å². The standard InChI is InChI=1S/C26H22ClN3O2S2/c1-17(25(32)30-26-29-23(16-33-26)19-5-3-2-4-6-19)34-22-13-11-21(12-14-22)28-24(31)15-18-7-9-20(27)10-8-18/h2-14,16-17H,15H2,1H3,(H,28,31)(H,29,30,32). The number of thiazole rings is 1. The van der Waals surface area contributed by atoms with Crippen LogP contribution in [0, 0.1) is 0 Å². The first-order valence-electron chi connectivity index (χ1n) is 10.6. The smallest absolute Gasteiger partial charge is 0.239 e. The Morgan fingerprint density at radius 1 is 0.971 bits per heavy atom. The molecule has 0 fully saturated rings. The van der Waals surface area contributed by atoms with Gasteiger partial charge in [0.15, 0.2) is 5.13 Å². The summed E-state index contributed by atoms with van der Waals surface area (Å²) in [4.78, 5) is 30.4. The third-order valence-electron chi connectivity index (χ3n) is 4.90. The van der Waals surface area contributed by atoms with E-state index in [1.54, 1.807) is 12.1 Å². The molecule has 0 aliphatic heterocycles. The Kier molecular flexibility index (Phi) is 8.00. The maximum Gasteiger partial charge on any atom is 0.239 e. The molecule has 4 rings (SSSR count). The Morgan fingerprint density at radius 3 is 2.38 bits per heavy atom. The highest BCUT2D eigenvalue weighted by Gasteiger charge is 2.16. The van der Waals surface area contributed by atoms with Gasteiger partial charge in [0.1, 0.15) is 0 Å². The van der Waals surface area contributed by atoms with Gasteiger partial charge in [-0.1, -0.05) is 54.1 Å². The van der Waals surface area contributed by atoms with Crippen molar-refractivity contribution in [1.29, 1.82) is 0 Å². The van der Waals surface area contributed by atoms with Crippen LogP contribution >= 0.6 is 34.7 Å². The summed E-state index contributed by atoms with van der Waals surface area (Å²) in [6.45, 7) is 1.85. The summed E-state index contributed by atoms with van der Waals surface area (Å²) in [6, 6.07) is 24.5. The van der Waals surface area contributed by atoms with E-state index in [0.717, 1.165) is 21.7 Å². The van der Waals surface area contributed by atoms with E-state index in [0.29, 0.717) is 15.8 Å². The molecule has 1 heterocycles. The van der Waals surface area contributed by atoms with Crippen molar-refractivity contribution in [1.82, 2.24) is 4.98 Å². The first-order valence-corrected chi connectivity index (χ1v) is 12.7. The van der Waals surface area contributed by atoms with Crippen molar-refractivity contribution in [2.75, 3.05) is 10.6 Å². The normalized spacial score (nSPS) is 11.6. The van der Waals surface area contributed by atoms with Crippen LogP contribution in [-0.2, 0) is 16.0 Å². The number of aromatic nitrogens is 1. The second kappa shape index (κ2) is 11.3. The highest BCUT2D eigenvalue weighted by Crippen LogP contribution is 2.28. The molecule has 0 saturated carbocycles. The summed E-state index contributed by atoms with van der Waals surface area (Å²) in [5.74, 6) is -0.215. The molecule has 0 radical (unpaired) electrons. The summed E-state index contributed by atoms with van der Waals surface area (Å²) in [7, 11) is 0. The number of rotatable bonds is 8. The molecule has 1 aromatic heterocycles. The number of thioether (sulfide) groups is 1. The Morgan fingerprint density at radius 2 is 1.68 bits per heavy atom. The lowest BCUT2D eigenvalue weighted by molar-refractivity contribution is -0.116. The molecule has 8 heteroatoms. The molecule has 0 spiro atoms. The number of amides is 2. The SMILES string of the molecule is CC(Sc1ccc(NC(=O)Cc2ccc(Cl)cc2)cc1)C(=O)Nc1nc(-c2ccccc2)cs1.